The van der Waals surface area contributed by atoms with E-state index in [9.17, 15) is 10.2 Å². The highest BCUT2D eigenvalue weighted by Crippen LogP contribution is 2.34. The van der Waals surface area contributed by atoms with Gasteiger partial charge in [0.25, 0.3) is 0 Å². The van der Waals surface area contributed by atoms with Crippen LogP contribution in [0.25, 0.3) is 0 Å². The lowest BCUT2D eigenvalue weighted by Crippen LogP contribution is -2.02. The molecule has 2 N–H and O–H groups in total. The molecule has 148 valence electrons. The molecule has 0 fully saturated rings. The largest absolute Gasteiger partial charge is 0.508 e. The summed E-state index contributed by atoms with van der Waals surface area (Å²) in [4.78, 5) is 0. The zero-order valence-corrected chi connectivity index (χ0v) is 17.3. The molecular weight excluding hydrogens is 332 g/mol. The molecule has 2 rings (SSSR count). The second-order valence-corrected chi connectivity index (χ2v) is 7.91. The van der Waals surface area contributed by atoms with Gasteiger partial charge in [0.2, 0.25) is 0 Å². The summed E-state index contributed by atoms with van der Waals surface area (Å²) in [6.07, 6.45) is 11.7. The topological polar surface area (TPSA) is 40.5 Å². The summed E-state index contributed by atoms with van der Waals surface area (Å²) >= 11 is 0. The Kier molecular flexibility index (Phi) is 8.71. The van der Waals surface area contributed by atoms with Gasteiger partial charge in [0.05, 0.1) is 0 Å². The van der Waals surface area contributed by atoms with Crippen LogP contribution in [0.15, 0.2) is 36.4 Å². The smallest absolute Gasteiger partial charge is 0.118 e. The standard InChI is InChI=1S/C25H36O2/c1-4-5-6-7-8-9-10-11-12-23(21-13-15-24(26)19(2)17-21)22-14-16-25(27)20(3)18-22/h13-18,23,26-27H,4-12H2,1-3H3. The summed E-state index contributed by atoms with van der Waals surface area (Å²) in [6, 6.07) is 11.9. The SMILES string of the molecule is CCCCCCCCCCC(c1ccc(O)c(C)c1)c1ccc(O)c(C)c1. The molecule has 0 heterocycles. The zero-order chi connectivity index (χ0) is 19.6. The van der Waals surface area contributed by atoms with Gasteiger partial charge in [-0.25, -0.2) is 0 Å². The van der Waals surface area contributed by atoms with Crippen LogP contribution in [0.1, 0.15) is 92.9 Å². The van der Waals surface area contributed by atoms with Gasteiger partial charge < -0.3 is 10.2 Å². The fourth-order valence-corrected chi connectivity index (χ4v) is 3.80. The first-order valence-electron chi connectivity index (χ1n) is 10.6. The van der Waals surface area contributed by atoms with Gasteiger partial charge in [0.15, 0.2) is 0 Å². The summed E-state index contributed by atoms with van der Waals surface area (Å²) < 4.78 is 0. The molecule has 27 heavy (non-hydrogen) atoms. The van der Waals surface area contributed by atoms with Crippen LogP contribution in [0, 0.1) is 13.8 Å². The van der Waals surface area contributed by atoms with Crippen LogP contribution in [0.2, 0.25) is 0 Å². The van der Waals surface area contributed by atoms with Gasteiger partial charge >= 0.3 is 0 Å². The number of hydrogen-bond acceptors (Lipinski definition) is 2. The number of phenols is 2. The lowest BCUT2D eigenvalue weighted by Gasteiger charge is -2.20. The lowest BCUT2D eigenvalue weighted by molar-refractivity contribution is 0.470. The number of unbranched alkanes of at least 4 members (excludes halogenated alkanes) is 7. The Labute approximate surface area is 165 Å². The molecule has 0 unspecified atom stereocenters. The van der Waals surface area contributed by atoms with Crippen LogP contribution in [-0.2, 0) is 0 Å². The highest BCUT2D eigenvalue weighted by molar-refractivity contribution is 5.43. The summed E-state index contributed by atoms with van der Waals surface area (Å²) in [7, 11) is 0. The number of phenolic OH excluding ortho intramolecular Hbond substituents is 2. The normalized spacial score (nSPS) is 11.3. The van der Waals surface area contributed by atoms with Gasteiger partial charge in [-0.1, -0.05) is 82.6 Å². The molecule has 0 aliphatic carbocycles. The molecule has 0 spiro atoms. The van der Waals surface area contributed by atoms with Crippen LogP contribution < -0.4 is 0 Å². The molecule has 0 saturated heterocycles. The fourth-order valence-electron chi connectivity index (χ4n) is 3.80. The monoisotopic (exact) mass is 368 g/mol. The van der Waals surface area contributed by atoms with Gasteiger partial charge in [0, 0.05) is 5.92 Å². The number of aromatic hydroxyl groups is 2. The van der Waals surface area contributed by atoms with Crippen LogP contribution in [0.4, 0.5) is 0 Å². The van der Waals surface area contributed by atoms with Gasteiger partial charge in [-0.15, -0.1) is 0 Å². The molecule has 0 radical (unpaired) electrons. The van der Waals surface area contributed by atoms with E-state index in [2.05, 4.69) is 19.1 Å². The average Bonchev–Trinajstić information content (AvgIpc) is 2.65. The van der Waals surface area contributed by atoms with Crippen molar-refractivity contribution < 1.29 is 10.2 Å². The summed E-state index contributed by atoms with van der Waals surface area (Å²) in [5.41, 5.74) is 4.34. The Bertz CT molecular complexity index is 654. The lowest BCUT2D eigenvalue weighted by atomic mass is 9.85. The molecule has 0 atom stereocenters. The third-order valence-corrected chi connectivity index (χ3v) is 5.59. The van der Waals surface area contributed by atoms with Crippen molar-refractivity contribution in [2.75, 3.05) is 0 Å². The molecule has 0 aliphatic rings. The van der Waals surface area contributed by atoms with Gasteiger partial charge in [-0.2, -0.15) is 0 Å². The first kappa shape index (κ1) is 21.3. The van der Waals surface area contributed by atoms with E-state index in [1.807, 2.05) is 26.0 Å². The molecule has 0 aliphatic heterocycles. The Hall–Kier alpha value is -1.96. The van der Waals surface area contributed by atoms with Crippen molar-refractivity contribution in [1.82, 2.24) is 0 Å². The number of benzene rings is 2. The third kappa shape index (κ3) is 6.61. The molecule has 2 aromatic carbocycles. The van der Waals surface area contributed by atoms with Crippen molar-refractivity contribution in [3.05, 3.63) is 58.7 Å². The Morgan fingerprint density at radius 2 is 1.11 bits per heavy atom. The van der Waals surface area contributed by atoms with Crippen molar-refractivity contribution in [2.24, 2.45) is 0 Å². The van der Waals surface area contributed by atoms with Crippen molar-refractivity contribution in [1.29, 1.82) is 0 Å². The third-order valence-electron chi connectivity index (χ3n) is 5.59. The maximum absolute atomic E-state index is 9.88. The fraction of sp³-hybridized carbons (Fsp3) is 0.520. The predicted octanol–water partition coefficient (Wildman–Crippen LogP) is 7.38. The number of aryl methyl sites for hydroxylation is 2. The van der Waals surface area contributed by atoms with Crippen LogP contribution in [0.5, 0.6) is 11.5 Å². The Morgan fingerprint density at radius 1 is 0.667 bits per heavy atom. The van der Waals surface area contributed by atoms with Gasteiger partial charge in [-0.3, -0.25) is 0 Å². The van der Waals surface area contributed by atoms with Crippen LogP contribution in [0.3, 0.4) is 0 Å². The minimum Gasteiger partial charge on any atom is -0.508 e. The molecular formula is C25H36O2. The predicted molar refractivity (Wildman–Crippen MR) is 115 cm³/mol. The molecule has 0 bridgehead atoms. The van der Waals surface area contributed by atoms with E-state index in [4.69, 9.17) is 0 Å². The minimum absolute atomic E-state index is 0.309. The second kappa shape index (κ2) is 11.0. The summed E-state index contributed by atoms with van der Waals surface area (Å²) in [5, 5.41) is 19.8. The maximum Gasteiger partial charge on any atom is 0.118 e. The van der Waals surface area contributed by atoms with Crippen molar-refractivity contribution in [3.63, 3.8) is 0 Å². The van der Waals surface area contributed by atoms with Gasteiger partial charge in [0.1, 0.15) is 11.5 Å². The quantitative estimate of drug-likeness (QED) is 0.406. The highest BCUT2D eigenvalue weighted by atomic mass is 16.3. The van der Waals surface area contributed by atoms with Gasteiger partial charge in [-0.05, 0) is 54.7 Å². The van der Waals surface area contributed by atoms with Crippen LogP contribution >= 0.6 is 0 Å². The van der Waals surface area contributed by atoms with E-state index in [0.717, 1.165) is 17.5 Å². The zero-order valence-electron chi connectivity index (χ0n) is 17.3. The minimum atomic E-state index is 0.309. The number of rotatable bonds is 11. The molecule has 2 nitrogen and oxygen atoms in total. The van der Waals surface area contributed by atoms with E-state index in [-0.39, 0.29) is 0 Å². The van der Waals surface area contributed by atoms with Crippen LogP contribution in [-0.4, -0.2) is 10.2 Å². The Morgan fingerprint density at radius 3 is 1.56 bits per heavy atom. The van der Waals surface area contributed by atoms with Crippen molar-refractivity contribution in [3.8, 4) is 11.5 Å². The molecule has 0 amide bonds. The molecule has 0 saturated carbocycles. The summed E-state index contributed by atoms with van der Waals surface area (Å²) in [5.74, 6) is 1.02. The number of hydrogen-bond donors (Lipinski definition) is 2. The first-order chi connectivity index (χ1) is 13.0. The van der Waals surface area contributed by atoms with E-state index in [0.29, 0.717) is 17.4 Å². The highest BCUT2D eigenvalue weighted by Gasteiger charge is 2.16. The summed E-state index contributed by atoms with van der Waals surface area (Å²) in [6.45, 7) is 6.17. The Balaban J connectivity index is 2.02. The van der Waals surface area contributed by atoms with E-state index < -0.39 is 0 Å². The van der Waals surface area contributed by atoms with E-state index in [1.165, 1.54) is 62.5 Å². The molecule has 2 heteroatoms. The van der Waals surface area contributed by atoms with E-state index in [1.54, 1.807) is 12.1 Å². The maximum atomic E-state index is 9.88. The van der Waals surface area contributed by atoms with E-state index >= 15 is 0 Å². The molecule has 2 aromatic rings. The van der Waals surface area contributed by atoms with Crippen molar-refractivity contribution >= 4 is 0 Å². The second-order valence-electron chi connectivity index (χ2n) is 7.91. The van der Waals surface area contributed by atoms with Crippen molar-refractivity contribution in [2.45, 2.75) is 84.5 Å². The average molecular weight is 369 g/mol. The molecule has 0 aromatic heterocycles. The first-order valence-corrected chi connectivity index (χ1v) is 10.6.